The largest absolute Gasteiger partial charge is 0.497 e. The highest BCUT2D eigenvalue weighted by Crippen LogP contribution is 2.16. The van der Waals surface area contributed by atoms with Gasteiger partial charge in [0.25, 0.3) is 0 Å². The molecule has 2 aromatic carbocycles. The topological polar surface area (TPSA) is 75.7 Å². The molecule has 0 saturated carbocycles. The van der Waals surface area contributed by atoms with E-state index in [1.54, 1.807) is 7.11 Å². The predicted molar refractivity (Wildman–Crippen MR) is 108 cm³/mol. The Morgan fingerprint density at radius 1 is 1.11 bits per heavy atom. The maximum Gasteiger partial charge on any atom is 0.239 e. The minimum atomic E-state index is -3.50. The van der Waals surface area contributed by atoms with Crippen molar-refractivity contribution in [2.24, 2.45) is 0 Å². The zero-order valence-corrected chi connectivity index (χ0v) is 16.8. The Balaban J connectivity index is 2.02. The van der Waals surface area contributed by atoms with Crippen LogP contribution in [0.4, 0.5) is 5.69 Å². The van der Waals surface area contributed by atoms with Gasteiger partial charge >= 0.3 is 0 Å². The number of aryl methyl sites for hydroxylation is 1. The van der Waals surface area contributed by atoms with Crippen molar-refractivity contribution in [3.63, 3.8) is 0 Å². The zero-order chi connectivity index (χ0) is 19.9. The van der Waals surface area contributed by atoms with Crippen molar-refractivity contribution < 1.29 is 17.9 Å². The number of nitrogens with zero attached hydrogens (tertiary/aromatic N) is 1. The van der Waals surface area contributed by atoms with Crippen LogP contribution in [0.5, 0.6) is 5.75 Å². The first-order valence-corrected chi connectivity index (χ1v) is 10.6. The van der Waals surface area contributed by atoms with Crippen molar-refractivity contribution in [1.82, 2.24) is 4.31 Å². The van der Waals surface area contributed by atoms with Crippen molar-refractivity contribution in [2.45, 2.75) is 19.8 Å². The normalized spacial score (nSPS) is 11.4. The first kappa shape index (κ1) is 20.9. The van der Waals surface area contributed by atoms with Crippen LogP contribution >= 0.6 is 0 Å². The molecule has 2 rings (SSSR count). The van der Waals surface area contributed by atoms with Gasteiger partial charge in [-0.3, -0.25) is 4.79 Å². The monoisotopic (exact) mass is 390 g/mol. The molecule has 1 amide bonds. The number of carbonyl (C=O) groups is 1. The third-order valence-electron chi connectivity index (χ3n) is 4.27. The van der Waals surface area contributed by atoms with E-state index in [1.807, 2.05) is 55.5 Å². The lowest BCUT2D eigenvalue weighted by Gasteiger charge is -2.20. The van der Waals surface area contributed by atoms with Gasteiger partial charge in [-0.05, 0) is 42.2 Å². The number of sulfonamides is 1. The Kier molecular flexibility index (Phi) is 7.38. The van der Waals surface area contributed by atoms with E-state index >= 15 is 0 Å². The Bertz CT molecular complexity index is 864. The number of hydrogen-bond acceptors (Lipinski definition) is 4. The summed E-state index contributed by atoms with van der Waals surface area (Å²) in [5, 5.41) is 2.82. The highest BCUT2D eigenvalue weighted by atomic mass is 32.2. The Labute approximate surface area is 161 Å². The van der Waals surface area contributed by atoms with Gasteiger partial charge in [0, 0.05) is 12.2 Å². The number of nitrogens with one attached hydrogen (secondary N) is 1. The molecule has 0 atom stereocenters. The summed E-state index contributed by atoms with van der Waals surface area (Å²) in [6, 6.07) is 14.9. The SMILES string of the molecule is CCc1ccccc1NC(=O)CN(CCc1ccc(OC)cc1)S(C)(=O)=O. The van der Waals surface area contributed by atoms with Gasteiger partial charge < -0.3 is 10.1 Å². The van der Waals surface area contributed by atoms with Crippen LogP contribution in [0.15, 0.2) is 48.5 Å². The van der Waals surface area contributed by atoms with E-state index in [0.717, 1.165) is 29.6 Å². The van der Waals surface area contributed by atoms with E-state index in [-0.39, 0.29) is 19.0 Å². The number of ether oxygens (including phenoxy) is 1. The van der Waals surface area contributed by atoms with Crippen LogP contribution < -0.4 is 10.1 Å². The fourth-order valence-corrected chi connectivity index (χ4v) is 3.48. The fraction of sp³-hybridized carbons (Fsp3) is 0.350. The van der Waals surface area contributed by atoms with Crippen LogP contribution in [-0.2, 0) is 27.7 Å². The van der Waals surface area contributed by atoms with Gasteiger partial charge in [-0.25, -0.2) is 8.42 Å². The second kappa shape index (κ2) is 9.53. The van der Waals surface area contributed by atoms with E-state index in [4.69, 9.17) is 4.74 Å². The molecule has 6 nitrogen and oxygen atoms in total. The molecule has 1 N–H and O–H groups in total. The molecule has 0 aliphatic rings. The predicted octanol–water partition coefficient (Wildman–Crippen LogP) is 2.70. The Morgan fingerprint density at radius 2 is 1.78 bits per heavy atom. The van der Waals surface area contributed by atoms with Crippen molar-refractivity contribution in [3.8, 4) is 5.75 Å². The number of methoxy groups -OCH3 is 1. The molecule has 27 heavy (non-hydrogen) atoms. The molecule has 7 heteroatoms. The van der Waals surface area contributed by atoms with E-state index < -0.39 is 10.0 Å². The highest BCUT2D eigenvalue weighted by molar-refractivity contribution is 7.88. The molecule has 0 aliphatic carbocycles. The van der Waals surface area contributed by atoms with Crippen LogP contribution in [-0.4, -0.2) is 45.1 Å². The van der Waals surface area contributed by atoms with Crippen molar-refractivity contribution in [1.29, 1.82) is 0 Å². The van der Waals surface area contributed by atoms with Gasteiger partial charge in [0.2, 0.25) is 15.9 Å². The summed E-state index contributed by atoms with van der Waals surface area (Å²) in [4.78, 5) is 12.4. The number of anilines is 1. The standard InChI is InChI=1S/C20H26N2O4S/c1-4-17-7-5-6-8-19(17)21-20(23)15-22(27(3,24)25)14-13-16-9-11-18(26-2)12-10-16/h5-12H,4,13-15H2,1-3H3,(H,21,23). The summed E-state index contributed by atoms with van der Waals surface area (Å²) >= 11 is 0. The highest BCUT2D eigenvalue weighted by Gasteiger charge is 2.20. The summed E-state index contributed by atoms with van der Waals surface area (Å²) < 4.78 is 30.5. The van der Waals surface area contributed by atoms with Gasteiger partial charge in [-0.1, -0.05) is 37.3 Å². The van der Waals surface area contributed by atoms with Crippen molar-refractivity contribution >= 4 is 21.6 Å². The van der Waals surface area contributed by atoms with Gasteiger partial charge in [0.05, 0.1) is 19.9 Å². The van der Waals surface area contributed by atoms with Crippen molar-refractivity contribution in [3.05, 3.63) is 59.7 Å². The molecule has 0 aromatic heterocycles. The van der Waals surface area contributed by atoms with Crippen LogP contribution in [0.2, 0.25) is 0 Å². The van der Waals surface area contributed by atoms with Gasteiger partial charge in [0.1, 0.15) is 5.75 Å². The Morgan fingerprint density at radius 3 is 2.37 bits per heavy atom. The van der Waals surface area contributed by atoms with Gasteiger partial charge in [0.15, 0.2) is 0 Å². The third kappa shape index (κ3) is 6.37. The lowest BCUT2D eigenvalue weighted by Crippen LogP contribution is -2.38. The molecule has 0 unspecified atom stereocenters. The number of benzene rings is 2. The van der Waals surface area contributed by atoms with Crippen LogP contribution in [0.25, 0.3) is 0 Å². The number of hydrogen-bond donors (Lipinski definition) is 1. The molecule has 0 spiro atoms. The molecule has 0 aliphatic heterocycles. The third-order valence-corrected chi connectivity index (χ3v) is 5.52. The van der Waals surface area contributed by atoms with E-state index in [2.05, 4.69) is 5.32 Å². The maximum atomic E-state index is 12.4. The first-order valence-electron chi connectivity index (χ1n) is 8.79. The minimum Gasteiger partial charge on any atom is -0.497 e. The summed E-state index contributed by atoms with van der Waals surface area (Å²) in [5.74, 6) is 0.392. The molecular formula is C20H26N2O4S. The molecule has 0 saturated heterocycles. The molecule has 0 bridgehead atoms. The van der Waals surface area contributed by atoms with E-state index in [9.17, 15) is 13.2 Å². The maximum absolute atomic E-state index is 12.4. The average molecular weight is 391 g/mol. The number of para-hydroxylation sites is 1. The minimum absolute atomic E-state index is 0.215. The van der Waals surface area contributed by atoms with Gasteiger partial charge in [-0.15, -0.1) is 0 Å². The lowest BCUT2D eigenvalue weighted by molar-refractivity contribution is -0.116. The lowest BCUT2D eigenvalue weighted by atomic mass is 10.1. The van der Waals surface area contributed by atoms with Crippen LogP contribution in [0.3, 0.4) is 0 Å². The van der Waals surface area contributed by atoms with Crippen LogP contribution in [0.1, 0.15) is 18.1 Å². The van der Waals surface area contributed by atoms with E-state index in [1.165, 1.54) is 4.31 Å². The van der Waals surface area contributed by atoms with Crippen LogP contribution in [0, 0.1) is 0 Å². The molecule has 0 radical (unpaired) electrons. The first-order chi connectivity index (χ1) is 12.8. The molecule has 0 fully saturated rings. The number of carbonyl (C=O) groups excluding carboxylic acids is 1. The Hall–Kier alpha value is -2.38. The quantitative estimate of drug-likeness (QED) is 0.714. The molecular weight excluding hydrogens is 364 g/mol. The molecule has 146 valence electrons. The molecule has 0 heterocycles. The number of amides is 1. The summed E-state index contributed by atoms with van der Waals surface area (Å²) in [6.07, 6.45) is 2.41. The second-order valence-corrected chi connectivity index (χ2v) is 8.24. The van der Waals surface area contributed by atoms with E-state index in [0.29, 0.717) is 12.1 Å². The summed E-state index contributed by atoms with van der Waals surface area (Å²) in [5.41, 5.74) is 2.70. The molecule has 2 aromatic rings. The summed E-state index contributed by atoms with van der Waals surface area (Å²) in [6.45, 7) is 2.02. The second-order valence-electron chi connectivity index (χ2n) is 6.25. The zero-order valence-electron chi connectivity index (χ0n) is 15.9. The smallest absolute Gasteiger partial charge is 0.239 e. The fourth-order valence-electron chi connectivity index (χ4n) is 2.71. The number of rotatable bonds is 9. The van der Waals surface area contributed by atoms with Gasteiger partial charge in [-0.2, -0.15) is 4.31 Å². The average Bonchev–Trinajstić information content (AvgIpc) is 2.65. The van der Waals surface area contributed by atoms with Crippen molar-refractivity contribution in [2.75, 3.05) is 31.8 Å². The summed E-state index contributed by atoms with van der Waals surface area (Å²) in [7, 11) is -1.91.